The lowest BCUT2D eigenvalue weighted by Gasteiger charge is -2.35. The molecule has 0 aromatic rings. The van der Waals surface area contributed by atoms with Crippen molar-refractivity contribution in [1.29, 1.82) is 0 Å². The van der Waals surface area contributed by atoms with E-state index in [9.17, 15) is 4.79 Å². The van der Waals surface area contributed by atoms with Crippen LogP contribution in [0.5, 0.6) is 0 Å². The van der Waals surface area contributed by atoms with Crippen molar-refractivity contribution in [1.82, 2.24) is 20.4 Å². The number of hydrogen-bond donors (Lipinski definition) is 2. The fourth-order valence-electron chi connectivity index (χ4n) is 3.22. The molecule has 2 N–H and O–H groups in total. The van der Waals surface area contributed by atoms with Crippen molar-refractivity contribution in [2.75, 3.05) is 53.4 Å². The van der Waals surface area contributed by atoms with E-state index in [4.69, 9.17) is 0 Å². The monoisotopic (exact) mass is 282 g/mol. The molecule has 0 aromatic heterocycles. The maximum absolute atomic E-state index is 12.0. The summed E-state index contributed by atoms with van der Waals surface area (Å²) in [6, 6.07) is 0.731. The van der Waals surface area contributed by atoms with Crippen LogP contribution >= 0.6 is 0 Å². The Labute approximate surface area is 123 Å². The molecule has 2 fully saturated rings. The molecule has 5 heteroatoms. The van der Waals surface area contributed by atoms with Gasteiger partial charge in [-0.1, -0.05) is 0 Å². The number of nitrogens with one attached hydrogen (secondary N) is 2. The summed E-state index contributed by atoms with van der Waals surface area (Å²) in [5, 5.41) is 6.40. The number of likely N-dealkylation sites (tertiary alicyclic amines) is 1. The first-order valence-electron chi connectivity index (χ1n) is 8.04. The number of amides is 1. The van der Waals surface area contributed by atoms with Gasteiger partial charge in [0.25, 0.3) is 0 Å². The van der Waals surface area contributed by atoms with Gasteiger partial charge in [-0.3, -0.25) is 4.79 Å². The van der Waals surface area contributed by atoms with Gasteiger partial charge in [0.1, 0.15) is 0 Å². The maximum Gasteiger partial charge on any atom is 0.224 e. The molecule has 2 rings (SSSR count). The van der Waals surface area contributed by atoms with Crippen LogP contribution in [0.25, 0.3) is 0 Å². The molecule has 0 radical (unpaired) electrons. The van der Waals surface area contributed by atoms with Crippen molar-refractivity contribution in [3.63, 3.8) is 0 Å². The van der Waals surface area contributed by atoms with Gasteiger partial charge < -0.3 is 20.4 Å². The third kappa shape index (κ3) is 4.72. The molecule has 5 nitrogen and oxygen atoms in total. The molecule has 0 spiro atoms. The van der Waals surface area contributed by atoms with Crippen molar-refractivity contribution in [3.8, 4) is 0 Å². The number of piperidine rings is 2. The van der Waals surface area contributed by atoms with E-state index in [1.807, 2.05) is 0 Å². The van der Waals surface area contributed by atoms with Crippen LogP contribution in [0.15, 0.2) is 0 Å². The van der Waals surface area contributed by atoms with E-state index in [2.05, 4.69) is 34.5 Å². The van der Waals surface area contributed by atoms with Gasteiger partial charge in [-0.15, -0.1) is 0 Å². The van der Waals surface area contributed by atoms with Crippen molar-refractivity contribution in [3.05, 3.63) is 0 Å². The summed E-state index contributed by atoms with van der Waals surface area (Å²) in [6.45, 7) is 6.01. The minimum Gasteiger partial charge on any atom is -0.355 e. The van der Waals surface area contributed by atoms with Crippen LogP contribution in [0.1, 0.15) is 25.7 Å². The molecule has 1 atom stereocenters. The fourth-order valence-corrected chi connectivity index (χ4v) is 3.22. The summed E-state index contributed by atoms with van der Waals surface area (Å²) in [7, 11) is 4.33. The third-order valence-corrected chi connectivity index (χ3v) is 4.68. The van der Waals surface area contributed by atoms with Gasteiger partial charge in [0.05, 0.1) is 5.92 Å². The van der Waals surface area contributed by atoms with E-state index in [-0.39, 0.29) is 11.8 Å². The molecule has 2 aliphatic heterocycles. The summed E-state index contributed by atoms with van der Waals surface area (Å²) >= 11 is 0. The lowest BCUT2D eigenvalue weighted by molar-refractivity contribution is -0.125. The van der Waals surface area contributed by atoms with Crippen molar-refractivity contribution >= 4 is 5.91 Å². The second-order valence-electron chi connectivity index (χ2n) is 6.37. The number of nitrogens with zero attached hydrogens (tertiary/aromatic N) is 2. The number of carbonyl (C=O) groups excluding carboxylic acids is 1. The third-order valence-electron chi connectivity index (χ3n) is 4.68. The minimum atomic E-state index is 0.184. The highest BCUT2D eigenvalue weighted by molar-refractivity contribution is 5.78. The first-order valence-corrected chi connectivity index (χ1v) is 8.04. The minimum absolute atomic E-state index is 0.184. The second-order valence-corrected chi connectivity index (χ2v) is 6.37. The van der Waals surface area contributed by atoms with E-state index in [1.165, 1.54) is 12.8 Å². The molecular formula is C15H30N4O. The first kappa shape index (κ1) is 15.7. The predicted octanol–water partition coefficient (Wildman–Crippen LogP) is 0.128. The van der Waals surface area contributed by atoms with Crippen LogP contribution in [-0.4, -0.2) is 75.1 Å². The largest absolute Gasteiger partial charge is 0.355 e. The van der Waals surface area contributed by atoms with Gasteiger partial charge in [0.15, 0.2) is 0 Å². The summed E-state index contributed by atoms with van der Waals surface area (Å²) < 4.78 is 0. The van der Waals surface area contributed by atoms with E-state index < -0.39 is 0 Å². The highest BCUT2D eigenvalue weighted by atomic mass is 16.1. The van der Waals surface area contributed by atoms with Crippen LogP contribution in [-0.2, 0) is 4.79 Å². The quantitative estimate of drug-likeness (QED) is 0.752. The Hall–Kier alpha value is -0.650. The number of rotatable bonds is 5. The summed E-state index contributed by atoms with van der Waals surface area (Å²) in [4.78, 5) is 16.8. The average Bonchev–Trinajstić information content (AvgIpc) is 2.48. The van der Waals surface area contributed by atoms with Gasteiger partial charge in [0, 0.05) is 25.7 Å². The Balaban J connectivity index is 1.58. The molecule has 2 heterocycles. The van der Waals surface area contributed by atoms with Crippen LogP contribution in [0.4, 0.5) is 0 Å². The molecule has 0 aromatic carbocycles. The van der Waals surface area contributed by atoms with E-state index >= 15 is 0 Å². The van der Waals surface area contributed by atoms with Crippen LogP contribution in [0.2, 0.25) is 0 Å². The number of hydrogen-bond acceptors (Lipinski definition) is 4. The Morgan fingerprint density at radius 1 is 1.30 bits per heavy atom. The molecule has 116 valence electrons. The van der Waals surface area contributed by atoms with Crippen LogP contribution in [0.3, 0.4) is 0 Å². The first-order chi connectivity index (χ1) is 9.66. The summed E-state index contributed by atoms with van der Waals surface area (Å²) in [5.41, 5.74) is 0. The van der Waals surface area contributed by atoms with Gasteiger partial charge in [-0.2, -0.15) is 0 Å². The van der Waals surface area contributed by atoms with Crippen molar-refractivity contribution < 1.29 is 4.79 Å². The van der Waals surface area contributed by atoms with E-state index in [0.717, 1.165) is 58.2 Å². The molecule has 0 saturated carbocycles. The second kappa shape index (κ2) is 7.96. The number of carbonyl (C=O) groups is 1. The smallest absolute Gasteiger partial charge is 0.224 e. The van der Waals surface area contributed by atoms with Gasteiger partial charge in [0.2, 0.25) is 5.91 Å². The zero-order valence-corrected chi connectivity index (χ0v) is 13.0. The SMILES string of the molecule is CN(C)C1CCN(CCNC(=O)C2CCCNC2)CC1. The van der Waals surface area contributed by atoms with Crippen molar-refractivity contribution in [2.24, 2.45) is 5.92 Å². The highest BCUT2D eigenvalue weighted by Crippen LogP contribution is 2.13. The zero-order chi connectivity index (χ0) is 14.4. The van der Waals surface area contributed by atoms with Crippen LogP contribution < -0.4 is 10.6 Å². The standard InChI is InChI=1S/C15H30N4O/c1-18(2)14-5-9-19(10-6-14)11-8-17-15(20)13-4-3-7-16-12-13/h13-14,16H,3-12H2,1-2H3,(H,17,20). The summed E-state index contributed by atoms with van der Waals surface area (Å²) in [6.07, 6.45) is 4.64. The molecule has 1 amide bonds. The molecule has 20 heavy (non-hydrogen) atoms. The zero-order valence-electron chi connectivity index (χ0n) is 13.0. The molecule has 2 aliphatic rings. The van der Waals surface area contributed by atoms with Crippen LogP contribution in [0, 0.1) is 5.92 Å². The normalized spacial score (nSPS) is 25.9. The molecule has 1 unspecified atom stereocenters. The Morgan fingerprint density at radius 2 is 2.05 bits per heavy atom. The van der Waals surface area contributed by atoms with E-state index in [0.29, 0.717) is 0 Å². The summed E-state index contributed by atoms with van der Waals surface area (Å²) in [5.74, 6) is 0.420. The van der Waals surface area contributed by atoms with Crippen molar-refractivity contribution in [2.45, 2.75) is 31.7 Å². The van der Waals surface area contributed by atoms with Gasteiger partial charge >= 0.3 is 0 Å². The lowest BCUT2D eigenvalue weighted by Crippen LogP contribution is -2.46. The van der Waals surface area contributed by atoms with E-state index in [1.54, 1.807) is 0 Å². The molecule has 0 aliphatic carbocycles. The Kier molecular flexibility index (Phi) is 6.26. The molecule has 2 saturated heterocycles. The maximum atomic E-state index is 12.0. The Morgan fingerprint density at radius 3 is 2.65 bits per heavy atom. The highest BCUT2D eigenvalue weighted by Gasteiger charge is 2.22. The molecule has 0 bridgehead atoms. The predicted molar refractivity (Wildman–Crippen MR) is 81.8 cm³/mol. The lowest BCUT2D eigenvalue weighted by atomic mass is 9.99. The Bertz CT molecular complexity index is 294. The van der Waals surface area contributed by atoms with Gasteiger partial charge in [-0.05, 0) is 59.4 Å². The molecular weight excluding hydrogens is 252 g/mol. The average molecular weight is 282 g/mol. The topological polar surface area (TPSA) is 47.6 Å². The van der Waals surface area contributed by atoms with Gasteiger partial charge in [-0.25, -0.2) is 0 Å². The fraction of sp³-hybridized carbons (Fsp3) is 0.933.